The van der Waals surface area contributed by atoms with Gasteiger partial charge >= 0.3 is 12.2 Å². The molecule has 79 heavy (non-hydrogen) atoms. The van der Waals surface area contributed by atoms with Crippen molar-refractivity contribution in [1.82, 2.24) is 0 Å². The molecule has 1 aliphatic carbocycles. The topological polar surface area (TPSA) is 18.5 Å². The van der Waals surface area contributed by atoms with Gasteiger partial charge < -0.3 is 9.47 Å². The number of halogens is 13. The Bertz CT molecular complexity index is 3190. The molecule has 0 heterocycles. The summed E-state index contributed by atoms with van der Waals surface area (Å²) >= 11 is 0. The molecule has 8 rings (SSSR count). The maximum Gasteiger partial charge on any atom is 0.432 e. The second-order valence-corrected chi connectivity index (χ2v) is 20.7. The lowest BCUT2D eigenvalue weighted by Crippen LogP contribution is -2.25. The van der Waals surface area contributed by atoms with Gasteiger partial charge in [-0.05, 0) is 243 Å². The molecule has 1 fully saturated rings. The maximum absolute atomic E-state index is 14.8. The van der Waals surface area contributed by atoms with E-state index in [1.807, 2.05) is 25.1 Å². The van der Waals surface area contributed by atoms with Crippen LogP contribution < -0.4 is 9.47 Å². The Morgan fingerprint density at radius 1 is 0.392 bits per heavy atom. The van der Waals surface area contributed by atoms with E-state index < -0.39 is 75.6 Å². The summed E-state index contributed by atoms with van der Waals surface area (Å²) in [6.45, 7) is 19.3. The summed E-state index contributed by atoms with van der Waals surface area (Å²) in [4.78, 5) is 0. The highest BCUT2D eigenvalue weighted by Crippen LogP contribution is 2.41. The molecule has 2 nitrogen and oxygen atoms in total. The van der Waals surface area contributed by atoms with Gasteiger partial charge in [0.15, 0.2) is 17.5 Å². The molecule has 1 aliphatic rings. The van der Waals surface area contributed by atoms with Gasteiger partial charge in [-0.25, -0.2) is 39.5 Å². The van der Waals surface area contributed by atoms with Crippen molar-refractivity contribution < 1.29 is 66.5 Å². The molecule has 0 saturated heterocycles. The number of benzene rings is 7. The Balaban J connectivity index is 0.000000200. The monoisotopic (exact) mass is 1110 g/mol. The van der Waals surface area contributed by atoms with E-state index in [2.05, 4.69) is 11.7 Å². The molecule has 1 saturated carbocycles. The SMILES string of the molecule is CC1CCC(Cc2cc(F)c(F)c(F)c2)CC1.CCc1cc(C)c(-c2cc(F)c(C(F)(F)Oc3cc(C)c(C)c(F)c3)c(F)c2)c(C)c1.CCc1cc(F)c(C(F)(F)Oc2cc(C)c(-c3cc(C)c(C)c(F)c3)c(C)c2)c(F)c1. The van der Waals surface area contributed by atoms with Crippen molar-refractivity contribution in [2.75, 3.05) is 0 Å². The van der Waals surface area contributed by atoms with Crippen LogP contribution >= 0.6 is 0 Å². The molecule has 0 atom stereocenters. The first-order valence-corrected chi connectivity index (χ1v) is 25.9. The molecule has 0 radical (unpaired) electrons. The fourth-order valence-electron chi connectivity index (χ4n) is 10.0. The smallest absolute Gasteiger partial charge is 0.429 e. The van der Waals surface area contributed by atoms with Crippen LogP contribution in [0.1, 0.15) is 119 Å². The van der Waals surface area contributed by atoms with Crippen LogP contribution in [0.25, 0.3) is 22.3 Å². The first-order valence-electron chi connectivity index (χ1n) is 25.9. The zero-order valence-corrected chi connectivity index (χ0v) is 45.9. The normalized spacial score (nSPS) is 14.5. The maximum atomic E-state index is 14.8. The Labute approximate surface area is 453 Å². The third-order valence-electron chi connectivity index (χ3n) is 14.6. The molecule has 422 valence electrons. The van der Waals surface area contributed by atoms with Gasteiger partial charge in [0.25, 0.3) is 0 Å². The van der Waals surface area contributed by atoms with E-state index in [1.54, 1.807) is 48.5 Å². The minimum absolute atomic E-state index is 0.157. The third kappa shape index (κ3) is 14.5. The molecule has 0 bridgehead atoms. The van der Waals surface area contributed by atoms with Crippen molar-refractivity contribution in [2.45, 2.75) is 133 Å². The zero-order chi connectivity index (χ0) is 58.6. The summed E-state index contributed by atoms with van der Waals surface area (Å²) in [7, 11) is 0. The van der Waals surface area contributed by atoms with Crippen LogP contribution in [0.4, 0.5) is 57.1 Å². The summed E-state index contributed by atoms with van der Waals surface area (Å²) in [6, 6.07) is 17.4. The minimum atomic E-state index is -4.34. The molecular formula is C64H63F13O2. The number of hydrogen-bond donors (Lipinski definition) is 0. The zero-order valence-electron chi connectivity index (χ0n) is 45.9. The second kappa shape index (κ2) is 25.1. The highest BCUT2D eigenvalue weighted by Gasteiger charge is 2.43. The van der Waals surface area contributed by atoms with E-state index in [1.165, 1.54) is 51.0 Å². The Hall–Kier alpha value is -6.77. The van der Waals surface area contributed by atoms with E-state index >= 15 is 0 Å². The van der Waals surface area contributed by atoms with Crippen molar-refractivity contribution in [3.05, 3.63) is 210 Å². The molecular weight excluding hydrogens is 1050 g/mol. The predicted octanol–water partition coefficient (Wildman–Crippen LogP) is 19.9. The van der Waals surface area contributed by atoms with Crippen LogP contribution in [0.3, 0.4) is 0 Å². The van der Waals surface area contributed by atoms with Crippen LogP contribution in [0.2, 0.25) is 0 Å². The van der Waals surface area contributed by atoms with Crippen LogP contribution in [-0.4, -0.2) is 0 Å². The first kappa shape index (κ1) is 61.4. The third-order valence-corrected chi connectivity index (χ3v) is 14.6. The average molecular weight is 1110 g/mol. The van der Waals surface area contributed by atoms with Crippen LogP contribution in [0, 0.1) is 120 Å². The summed E-state index contributed by atoms with van der Waals surface area (Å²) < 4.78 is 193. The van der Waals surface area contributed by atoms with Crippen molar-refractivity contribution in [3.63, 3.8) is 0 Å². The molecule has 15 heteroatoms. The molecule has 0 N–H and O–H groups in total. The van der Waals surface area contributed by atoms with Crippen LogP contribution in [0.15, 0.2) is 84.9 Å². The number of aryl methyl sites for hydroxylation is 8. The fourth-order valence-corrected chi connectivity index (χ4v) is 10.0. The summed E-state index contributed by atoms with van der Waals surface area (Å²) in [6.07, 6.45) is -2.24. The van der Waals surface area contributed by atoms with Gasteiger partial charge in [0.1, 0.15) is 57.5 Å². The second-order valence-electron chi connectivity index (χ2n) is 20.7. The van der Waals surface area contributed by atoms with E-state index in [0.717, 1.165) is 89.9 Å². The van der Waals surface area contributed by atoms with Gasteiger partial charge in [-0.15, -0.1) is 0 Å². The molecule has 0 aromatic heterocycles. The molecule has 0 amide bonds. The number of hydrogen-bond acceptors (Lipinski definition) is 2. The van der Waals surface area contributed by atoms with Gasteiger partial charge in [0, 0.05) is 6.07 Å². The predicted molar refractivity (Wildman–Crippen MR) is 283 cm³/mol. The largest absolute Gasteiger partial charge is 0.432 e. The summed E-state index contributed by atoms with van der Waals surface area (Å²) in [5, 5.41) is 0. The van der Waals surface area contributed by atoms with Gasteiger partial charge in [0.05, 0.1) is 0 Å². The Morgan fingerprint density at radius 2 is 0.734 bits per heavy atom. The number of rotatable bonds is 12. The van der Waals surface area contributed by atoms with Crippen molar-refractivity contribution in [1.29, 1.82) is 0 Å². The van der Waals surface area contributed by atoms with E-state index in [-0.39, 0.29) is 28.3 Å². The van der Waals surface area contributed by atoms with Crippen LogP contribution in [0.5, 0.6) is 11.5 Å². The van der Waals surface area contributed by atoms with E-state index in [4.69, 9.17) is 4.74 Å². The van der Waals surface area contributed by atoms with Gasteiger partial charge in [0.2, 0.25) is 0 Å². The molecule has 0 spiro atoms. The lowest BCUT2D eigenvalue weighted by Gasteiger charge is -2.26. The van der Waals surface area contributed by atoms with Crippen molar-refractivity contribution in [2.24, 2.45) is 11.8 Å². The highest BCUT2D eigenvalue weighted by atomic mass is 19.3. The first-order chi connectivity index (χ1) is 36.9. The summed E-state index contributed by atoms with van der Waals surface area (Å²) in [5.74, 6) is -9.77. The molecule has 7 aromatic rings. The minimum Gasteiger partial charge on any atom is -0.429 e. The van der Waals surface area contributed by atoms with Gasteiger partial charge in [-0.1, -0.05) is 51.8 Å². The Kier molecular flexibility index (Phi) is 19.5. The fraction of sp³-hybridized carbons (Fsp3) is 0.344. The lowest BCUT2D eigenvalue weighted by molar-refractivity contribution is -0.190. The van der Waals surface area contributed by atoms with Crippen molar-refractivity contribution in [3.8, 4) is 33.8 Å². The highest BCUT2D eigenvalue weighted by molar-refractivity contribution is 5.74. The lowest BCUT2D eigenvalue weighted by atomic mass is 9.80. The van der Waals surface area contributed by atoms with Crippen LogP contribution in [-0.2, 0) is 31.5 Å². The van der Waals surface area contributed by atoms with Gasteiger partial charge in [-0.2, -0.15) is 17.6 Å². The average Bonchev–Trinajstić information content (AvgIpc) is 3.33. The van der Waals surface area contributed by atoms with E-state index in [0.29, 0.717) is 63.3 Å². The number of ether oxygens (including phenoxy) is 2. The quantitative estimate of drug-likeness (QED) is 0.0897. The number of alkyl halides is 4. The molecule has 0 unspecified atom stereocenters. The molecule has 7 aromatic carbocycles. The standard InChI is InChI=1S/2C25H23F5O.C14H17F3/c1-6-17-7-14(3)23(15(4)8-17)18-10-21(27)24(22(28)11-18)25(29,30)31-19-9-13(2)16(5)20(26)12-19;1-6-17-10-21(27)24(22(28)11-17)25(29,30)31-19-8-14(3)23(15(4)9-19)18-7-13(2)16(5)20(26)12-18;1-9-2-4-10(5-3-9)6-11-7-12(15)14(17)13(16)8-11/h2*7-12H,6H2,1-5H3;7-10H,2-6H2,1H3. The Morgan fingerprint density at radius 3 is 1.16 bits per heavy atom. The van der Waals surface area contributed by atoms with E-state index in [9.17, 15) is 57.1 Å². The summed E-state index contributed by atoms with van der Waals surface area (Å²) in [5.41, 5.74) is 5.66. The molecule has 0 aliphatic heterocycles. The van der Waals surface area contributed by atoms with Gasteiger partial charge in [-0.3, -0.25) is 0 Å². The van der Waals surface area contributed by atoms with Crippen molar-refractivity contribution >= 4 is 0 Å².